The molecule has 6 nitrogen and oxygen atoms in total. The largest absolute Gasteiger partial charge is 0.351 e. The summed E-state index contributed by atoms with van der Waals surface area (Å²) in [5.74, 6) is 0.380. The molecule has 0 aromatic carbocycles. The minimum absolute atomic E-state index is 0.0159. The fraction of sp³-hybridized carbons (Fsp3) is 0.588. The maximum atomic E-state index is 12.6. The highest BCUT2D eigenvalue weighted by atomic mass is 16.2. The van der Waals surface area contributed by atoms with Crippen molar-refractivity contribution in [2.75, 3.05) is 0 Å². The second kappa shape index (κ2) is 6.56. The molecule has 2 heterocycles. The van der Waals surface area contributed by atoms with Gasteiger partial charge >= 0.3 is 0 Å². The topological polar surface area (TPSA) is 76.0 Å². The summed E-state index contributed by atoms with van der Waals surface area (Å²) in [4.78, 5) is 24.4. The summed E-state index contributed by atoms with van der Waals surface area (Å²) in [5.41, 5.74) is 1.45. The number of nitrogens with zero attached hydrogens (tertiary/aromatic N) is 2. The van der Waals surface area contributed by atoms with Crippen molar-refractivity contribution in [2.24, 2.45) is 13.0 Å². The first-order valence-electron chi connectivity index (χ1n) is 8.30. The number of carbonyl (C=O) groups excluding carboxylic acids is 2. The van der Waals surface area contributed by atoms with Crippen LogP contribution in [0.25, 0.3) is 0 Å². The zero-order valence-electron chi connectivity index (χ0n) is 13.7. The fourth-order valence-electron chi connectivity index (χ4n) is 3.54. The minimum atomic E-state index is -0.104. The quantitative estimate of drug-likeness (QED) is 0.829. The molecule has 1 saturated heterocycles. The van der Waals surface area contributed by atoms with Crippen LogP contribution < -0.4 is 10.6 Å². The molecule has 0 radical (unpaired) electrons. The molecule has 1 aliphatic carbocycles. The van der Waals surface area contributed by atoms with Crippen molar-refractivity contribution in [3.05, 3.63) is 29.6 Å². The van der Waals surface area contributed by atoms with Crippen LogP contribution in [0.1, 0.15) is 48.2 Å². The van der Waals surface area contributed by atoms with Gasteiger partial charge in [-0.15, -0.1) is 0 Å². The van der Waals surface area contributed by atoms with Crippen LogP contribution in [0.3, 0.4) is 0 Å². The lowest BCUT2D eigenvalue weighted by Gasteiger charge is -2.38. The zero-order valence-corrected chi connectivity index (χ0v) is 13.7. The highest BCUT2D eigenvalue weighted by molar-refractivity contribution is 5.95. The van der Waals surface area contributed by atoms with Crippen molar-refractivity contribution in [2.45, 2.75) is 51.1 Å². The van der Waals surface area contributed by atoms with Gasteiger partial charge < -0.3 is 10.6 Å². The lowest BCUT2D eigenvalue weighted by Crippen LogP contribution is -2.58. The molecule has 1 aromatic heterocycles. The molecule has 1 unspecified atom stereocenters. The highest BCUT2D eigenvalue weighted by Gasteiger charge is 2.35. The van der Waals surface area contributed by atoms with E-state index in [0.29, 0.717) is 24.3 Å². The standard InChI is InChI=1S/C17H24N4O2/c1-11-13(10-18-21(11)2)17(23)19-14-8-9-15(22)20-16(14)12-6-4-3-5-7-12/h3-4,10,12,14,16H,5-9H2,1-2H3,(H,19,23)(H,20,22)/t12?,14-,16+/m1/s1. The Kier molecular flexibility index (Phi) is 4.50. The average Bonchev–Trinajstić information content (AvgIpc) is 2.89. The monoisotopic (exact) mass is 316 g/mol. The van der Waals surface area contributed by atoms with Crippen molar-refractivity contribution in [1.29, 1.82) is 0 Å². The Labute approximate surface area is 136 Å². The van der Waals surface area contributed by atoms with Crippen LogP contribution in [0, 0.1) is 12.8 Å². The smallest absolute Gasteiger partial charge is 0.255 e. The van der Waals surface area contributed by atoms with E-state index in [9.17, 15) is 9.59 Å². The molecule has 124 valence electrons. The third kappa shape index (κ3) is 3.30. The number of carbonyl (C=O) groups is 2. The second-order valence-electron chi connectivity index (χ2n) is 6.52. The summed E-state index contributed by atoms with van der Waals surface area (Å²) in [7, 11) is 1.82. The van der Waals surface area contributed by atoms with E-state index < -0.39 is 0 Å². The highest BCUT2D eigenvalue weighted by Crippen LogP contribution is 2.27. The summed E-state index contributed by atoms with van der Waals surface area (Å²) in [5, 5.41) is 10.4. The summed E-state index contributed by atoms with van der Waals surface area (Å²) in [6.45, 7) is 1.88. The first kappa shape index (κ1) is 15.8. The van der Waals surface area contributed by atoms with E-state index in [-0.39, 0.29) is 23.9 Å². The van der Waals surface area contributed by atoms with Gasteiger partial charge in [-0.05, 0) is 38.5 Å². The molecule has 0 bridgehead atoms. The van der Waals surface area contributed by atoms with Gasteiger partial charge in [-0.3, -0.25) is 14.3 Å². The minimum Gasteiger partial charge on any atom is -0.351 e. The van der Waals surface area contributed by atoms with Gasteiger partial charge in [0.15, 0.2) is 0 Å². The summed E-state index contributed by atoms with van der Waals surface area (Å²) in [6, 6.07) is -0.00145. The number of rotatable bonds is 3. The van der Waals surface area contributed by atoms with Gasteiger partial charge in [-0.1, -0.05) is 12.2 Å². The zero-order chi connectivity index (χ0) is 16.4. The van der Waals surface area contributed by atoms with Gasteiger partial charge in [0.1, 0.15) is 0 Å². The molecule has 3 atom stereocenters. The van der Waals surface area contributed by atoms with E-state index in [1.54, 1.807) is 10.9 Å². The van der Waals surface area contributed by atoms with Crippen molar-refractivity contribution < 1.29 is 9.59 Å². The first-order valence-corrected chi connectivity index (χ1v) is 8.30. The Bertz CT molecular complexity index is 635. The third-order valence-electron chi connectivity index (χ3n) is 5.06. The van der Waals surface area contributed by atoms with Crippen LogP contribution in [0.2, 0.25) is 0 Å². The predicted octanol–water partition coefficient (Wildman–Crippen LogP) is 1.46. The number of piperidine rings is 1. The number of nitrogens with one attached hydrogen (secondary N) is 2. The molecule has 0 saturated carbocycles. The maximum Gasteiger partial charge on any atom is 0.255 e. The van der Waals surface area contributed by atoms with E-state index in [4.69, 9.17) is 0 Å². The Hall–Kier alpha value is -2.11. The van der Waals surface area contributed by atoms with E-state index in [0.717, 1.165) is 25.0 Å². The maximum absolute atomic E-state index is 12.6. The van der Waals surface area contributed by atoms with Crippen molar-refractivity contribution in [1.82, 2.24) is 20.4 Å². The normalized spacial score (nSPS) is 27.6. The van der Waals surface area contributed by atoms with Crippen molar-refractivity contribution in [3.8, 4) is 0 Å². The lowest BCUT2D eigenvalue weighted by atomic mass is 9.81. The second-order valence-corrected chi connectivity index (χ2v) is 6.52. The van der Waals surface area contributed by atoms with Crippen LogP contribution in [-0.4, -0.2) is 33.7 Å². The number of aryl methyl sites for hydroxylation is 1. The molecule has 0 spiro atoms. The molecule has 1 fully saturated rings. The first-order chi connectivity index (χ1) is 11.1. The van der Waals surface area contributed by atoms with Gasteiger partial charge in [0.05, 0.1) is 23.8 Å². The number of hydrogen-bond donors (Lipinski definition) is 2. The van der Waals surface area contributed by atoms with E-state index >= 15 is 0 Å². The van der Waals surface area contributed by atoms with Gasteiger partial charge in [0, 0.05) is 19.2 Å². The molecule has 23 heavy (non-hydrogen) atoms. The van der Waals surface area contributed by atoms with Crippen LogP contribution >= 0.6 is 0 Å². The SMILES string of the molecule is Cc1c(C(=O)N[C@@H]2CCC(=O)N[C@H]2C2CC=CCC2)cnn1C. The van der Waals surface area contributed by atoms with Crippen LogP contribution in [0.15, 0.2) is 18.3 Å². The summed E-state index contributed by atoms with van der Waals surface area (Å²) in [6.07, 6.45) is 10.2. The van der Waals surface area contributed by atoms with E-state index in [1.165, 1.54) is 0 Å². The van der Waals surface area contributed by atoms with Gasteiger partial charge in [-0.2, -0.15) is 5.10 Å². The Morgan fingerprint density at radius 2 is 2.22 bits per heavy atom. The van der Waals surface area contributed by atoms with Crippen molar-refractivity contribution >= 4 is 11.8 Å². The fourth-order valence-corrected chi connectivity index (χ4v) is 3.54. The summed E-state index contributed by atoms with van der Waals surface area (Å²) < 4.78 is 1.70. The number of aromatic nitrogens is 2. The molecule has 6 heteroatoms. The molecular formula is C17H24N4O2. The van der Waals surface area contributed by atoms with Crippen LogP contribution in [-0.2, 0) is 11.8 Å². The summed E-state index contributed by atoms with van der Waals surface area (Å²) >= 11 is 0. The van der Waals surface area contributed by atoms with E-state index in [1.807, 2.05) is 14.0 Å². The molecule has 1 aliphatic heterocycles. The Morgan fingerprint density at radius 1 is 1.39 bits per heavy atom. The molecule has 2 N–H and O–H groups in total. The Morgan fingerprint density at radius 3 is 2.87 bits per heavy atom. The van der Waals surface area contributed by atoms with Crippen molar-refractivity contribution in [3.63, 3.8) is 0 Å². The Balaban J connectivity index is 1.73. The lowest BCUT2D eigenvalue weighted by molar-refractivity contribution is -0.124. The van der Waals surface area contributed by atoms with Gasteiger partial charge in [0.25, 0.3) is 5.91 Å². The molecular weight excluding hydrogens is 292 g/mol. The van der Waals surface area contributed by atoms with Gasteiger partial charge in [0.2, 0.25) is 5.91 Å². The number of hydrogen-bond acceptors (Lipinski definition) is 3. The molecule has 2 aliphatic rings. The molecule has 2 amide bonds. The molecule has 1 aromatic rings. The van der Waals surface area contributed by atoms with E-state index in [2.05, 4.69) is 27.9 Å². The third-order valence-corrected chi connectivity index (χ3v) is 5.06. The van der Waals surface area contributed by atoms with Crippen LogP contribution in [0.5, 0.6) is 0 Å². The van der Waals surface area contributed by atoms with Crippen LogP contribution in [0.4, 0.5) is 0 Å². The predicted molar refractivity (Wildman–Crippen MR) is 86.8 cm³/mol. The number of amides is 2. The molecule has 3 rings (SSSR count). The average molecular weight is 316 g/mol. The number of allylic oxidation sites excluding steroid dienone is 2. The van der Waals surface area contributed by atoms with Gasteiger partial charge in [-0.25, -0.2) is 0 Å².